The van der Waals surface area contributed by atoms with E-state index in [1.165, 1.54) is 0 Å². The van der Waals surface area contributed by atoms with E-state index in [0.717, 1.165) is 16.5 Å². The summed E-state index contributed by atoms with van der Waals surface area (Å²) in [4.78, 5) is 15.8. The molecule has 0 aliphatic carbocycles. The van der Waals surface area contributed by atoms with Gasteiger partial charge in [0.25, 0.3) is 0 Å². The van der Waals surface area contributed by atoms with Crippen molar-refractivity contribution in [3.05, 3.63) is 42.1 Å². The molecule has 2 rings (SSSR count). The van der Waals surface area contributed by atoms with Crippen LogP contribution in [-0.2, 0) is 6.54 Å². The largest absolute Gasteiger partial charge is 0.394 e. The number of fused-ring (bicyclic) bond motifs is 1. The Morgan fingerprint density at radius 2 is 2.16 bits per heavy atom. The topological polar surface area (TPSA) is 74.2 Å². The number of pyridine rings is 1. The Hall–Kier alpha value is -2.14. The normalized spacial score (nSPS) is 12.1. The molecule has 1 atom stereocenters. The first-order valence-corrected chi connectivity index (χ1v) is 6.18. The van der Waals surface area contributed by atoms with Crippen molar-refractivity contribution in [2.75, 3.05) is 6.61 Å². The summed E-state index contributed by atoms with van der Waals surface area (Å²) >= 11 is 0. The fourth-order valence-corrected chi connectivity index (χ4v) is 1.81. The van der Waals surface area contributed by atoms with Crippen LogP contribution >= 0.6 is 0 Å². The molecule has 0 spiro atoms. The summed E-state index contributed by atoms with van der Waals surface area (Å²) in [6, 6.07) is 9.14. The van der Waals surface area contributed by atoms with E-state index in [1.807, 2.05) is 30.3 Å². The predicted octanol–water partition coefficient (Wildman–Crippen LogP) is 1.41. The maximum absolute atomic E-state index is 11.6. The molecule has 2 amide bonds. The number of hydrogen-bond acceptors (Lipinski definition) is 3. The molecule has 1 heterocycles. The smallest absolute Gasteiger partial charge is 0.315 e. The Morgan fingerprint density at radius 3 is 2.95 bits per heavy atom. The van der Waals surface area contributed by atoms with Crippen molar-refractivity contribution in [1.82, 2.24) is 15.6 Å². The predicted molar refractivity (Wildman–Crippen MR) is 73.7 cm³/mol. The number of aliphatic hydroxyl groups is 1. The molecule has 0 radical (unpaired) electrons. The Kier molecular flexibility index (Phi) is 4.30. The summed E-state index contributed by atoms with van der Waals surface area (Å²) in [7, 11) is 0. The summed E-state index contributed by atoms with van der Waals surface area (Å²) in [5.74, 6) is 0. The van der Waals surface area contributed by atoms with E-state index in [2.05, 4.69) is 15.6 Å². The zero-order valence-corrected chi connectivity index (χ0v) is 10.8. The molecule has 1 aromatic heterocycles. The Morgan fingerprint density at radius 1 is 1.37 bits per heavy atom. The molecule has 5 nitrogen and oxygen atoms in total. The minimum absolute atomic E-state index is 0.0778. The standard InChI is InChI=1S/C14H17N3O2/c1-10(9-18)17-14(19)16-8-11-6-7-15-13-5-3-2-4-12(11)13/h2-7,10,18H,8-9H2,1H3,(H2,16,17,19)/t10-/m0/s1. The zero-order valence-electron chi connectivity index (χ0n) is 10.8. The highest BCUT2D eigenvalue weighted by Gasteiger charge is 2.06. The maximum atomic E-state index is 11.6. The first-order valence-electron chi connectivity index (χ1n) is 6.18. The van der Waals surface area contributed by atoms with E-state index in [9.17, 15) is 4.79 Å². The summed E-state index contributed by atoms with van der Waals surface area (Å²) in [5, 5.41) is 15.3. The van der Waals surface area contributed by atoms with E-state index in [-0.39, 0.29) is 18.7 Å². The molecule has 0 aliphatic heterocycles. The average molecular weight is 259 g/mol. The molecule has 0 saturated carbocycles. The molecule has 0 bridgehead atoms. The molecule has 5 heteroatoms. The second-order valence-electron chi connectivity index (χ2n) is 4.40. The van der Waals surface area contributed by atoms with Crippen molar-refractivity contribution in [1.29, 1.82) is 0 Å². The van der Waals surface area contributed by atoms with Gasteiger partial charge in [-0.15, -0.1) is 0 Å². The van der Waals surface area contributed by atoms with E-state index in [1.54, 1.807) is 13.1 Å². The highest BCUT2D eigenvalue weighted by molar-refractivity contribution is 5.82. The molecule has 0 aliphatic rings. The lowest BCUT2D eigenvalue weighted by Gasteiger charge is -2.12. The van der Waals surface area contributed by atoms with Crippen LogP contribution in [0.5, 0.6) is 0 Å². The highest BCUT2D eigenvalue weighted by Crippen LogP contribution is 2.15. The molecular formula is C14H17N3O2. The number of nitrogens with one attached hydrogen (secondary N) is 2. The minimum Gasteiger partial charge on any atom is -0.394 e. The minimum atomic E-state index is -0.289. The van der Waals surface area contributed by atoms with Gasteiger partial charge in [-0.3, -0.25) is 4.98 Å². The van der Waals surface area contributed by atoms with Crippen molar-refractivity contribution in [3.8, 4) is 0 Å². The molecule has 2 aromatic rings. The van der Waals surface area contributed by atoms with E-state index < -0.39 is 0 Å². The first kappa shape index (κ1) is 13.3. The van der Waals surface area contributed by atoms with Crippen molar-refractivity contribution >= 4 is 16.9 Å². The van der Waals surface area contributed by atoms with Gasteiger partial charge in [-0.05, 0) is 24.6 Å². The van der Waals surface area contributed by atoms with Crippen LogP contribution in [0.4, 0.5) is 4.79 Å². The van der Waals surface area contributed by atoms with Gasteiger partial charge in [0.2, 0.25) is 0 Å². The fourth-order valence-electron chi connectivity index (χ4n) is 1.81. The molecule has 19 heavy (non-hydrogen) atoms. The van der Waals surface area contributed by atoms with E-state index >= 15 is 0 Å². The highest BCUT2D eigenvalue weighted by atomic mass is 16.3. The van der Waals surface area contributed by atoms with Crippen molar-refractivity contribution in [2.24, 2.45) is 0 Å². The lowest BCUT2D eigenvalue weighted by atomic mass is 10.1. The molecule has 0 fully saturated rings. The molecule has 0 unspecified atom stereocenters. The maximum Gasteiger partial charge on any atom is 0.315 e. The number of aliphatic hydroxyl groups excluding tert-OH is 1. The third-order valence-electron chi connectivity index (χ3n) is 2.83. The van der Waals surface area contributed by atoms with E-state index in [4.69, 9.17) is 5.11 Å². The Balaban J connectivity index is 2.04. The van der Waals surface area contributed by atoms with Gasteiger partial charge in [0.15, 0.2) is 0 Å². The molecule has 3 N–H and O–H groups in total. The molecule has 0 saturated heterocycles. The molecule has 100 valence electrons. The van der Waals surface area contributed by atoms with Gasteiger partial charge in [-0.1, -0.05) is 18.2 Å². The van der Waals surface area contributed by atoms with Crippen LogP contribution in [-0.4, -0.2) is 28.8 Å². The SMILES string of the molecule is C[C@@H](CO)NC(=O)NCc1ccnc2ccccc12. The van der Waals surface area contributed by atoms with Crippen LogP contribution in [0.1, 0.15) is 12.5 Å². The lowest BCUT2D eigenvalue weighted by molar-refractivity contribution is 0.220. The number of urea groups is 1. The molecule has 1 aromatic carbocycles. The van der Waals surface area contributed by atoms with Gasteiger partial charge in [0, 0.05) is 18.1 Å². The van der Waals surface area contributed by atoms with Gasteiger partial charge < -0.3 is 15.7 Å². The van der Waals surface area contributed by atoms with E-state index in [0.29, 0.717) is 6.54 Å². The van der Waals surface area contributed by atoms with Crippen LogP contribution in [0.3, 0.4) is 0 Å². The van der Waals surface area contributed by atoms with Crippen LogP contribution in [0.2, 0.25) is 0 Å². The van der Waals surface area contributed by atoms with Gasteiger partial charge in [-0.25, -0.2) is 4.79 Å². The number of rotatable bonds is 4. The third kappa shape index (κ3) is 3.42. The number of nitrogens with zero attached hydrogens (tertiary/aromatic N) is 1. The number of aromatic nitrogens is 1. The summed E-state index contributed by atoms with van der Waals surface area (Å²) < 4.78 is 0. The lowest BCUT2D eigenvalue weighted by Crippen LogP contribution is -2.41. The monoisotopic (exact) mass is 259 g/mol. The van der Waals surface area contributed by atoms with Crippen molar-refractivity contribution in [2.45, 2.75) is 19.5 Å². The number of hydrogen-bond donors (Lipinski definition) is 3. The average Bonchev–Trinajstić information content (AvgIpc) is 2.44. The number of carbonyl (C=O) groups is 1. The fraction of sp³-hybridized carbons (Fsp3) is 0.286. The summed E-state index contributed by atoms with van der Waals surface area (Å²) in [5.41, 5.74) is 1.92. The Labute approximate surface area is 111 Å². The summed E-state index contributed by atoms with van der Waals surface area (Å²) in [6.07, 6.45) is 1.73. The van der Waals surface area contributed by atoms with Gasteiger partial charge in [0.1, 0.15) is 0 Å². The van der Waals surface area contributed by atoms with Crippen LogP contribution in [0.15, 0.2) is 36.5 Å². The van der Waals surface area contributed by atoms with Crippen molar-refractivity contribution in [3.63, 3.8) is 0 Å². The van der Waals surface area contributed by atoms with Gasteiger partial charge >= 0.3 is 6.03 Å². The van der Waals surface area contributed by atoms with Crippen LogP contribution in [0, 0.1) is 0 Å². The van der Waals surface area contributed by atoms with Crippen molar-refractivity contribution < 1.29 is 9.90 Å². The first-order chi connectivity index (χ1) is 9.20. The Bertz CT molecular complexity index is 566. The third-order valence-corrected chi connectivity index (χ3v) is 2.83. The second kappa shape index (κ2) is 6.15. The van der Waals surface area contributed by atoms with Crippen LogP contribution in [0.25, 0.3) is 10.9 Å². The summed E-state index contributed by atoms with van der Waals surface area (Å²) in [6.45, 7) is 2.08. The number of para-hydroxylation sites is 1. The number of carbonyl (C=O) groups excluding carboxylic acids is 1. The van der Waals surface area contributed by atoms with Gasteiger partial charge in [0.05, 0.1) is 18.2 Å². The second-order valence-corrected chi connectivity index (χ2v) is 4.40. The quantitative estimate of drug-likeness (QED) is 0.777. The molecular weight excluding hydrogens is 242 g/mol. The zero-order chi connectivity index (χ0) is 13.7. The number of benzene rings is 1. The van der Waals surface area contributed by atoms with Gasteiger partial charge in [-0.2, -0.15) is 0 Å². The van der Waals surface area contributed by atoms with Crippen LogP contribution < -0.4 is 10.6 Å². The number of amides is 2.